The number of rotatable bonds is 3. The monoisotopic (exact) mass is 203 g/mol. The molecule has 82 valence electrons. The fourth-order valence-electron chi connectivity index (χ4n) is 1.79. The van der Waals surface area contributed by atoms with Gasteiger partial charge in [-0.2, -0.15) is 0 Å². The van der Waals surface area contributed by atoms with Crippen molar-refractivity contribution in [3.63, 3.8) is 0 Å². The van der Waals surface area contributed by atoms with Crippen LogP contribution >= 0.6 is 0 Å². The highest BCUT2D eigenvalue weighted by Gasteiger charge is 2.00. The molecule has 1 atom stereocenters. The van der Waals surface area contributed by atoms with Crippen molar-refractivity contribution in [1.82, 2.24) is 5.32 Å². The van der Waals surface area contributed by atoms with Gasteiger partial charge >= 0.3 is 0 Å². The summed E-state index contributed by atoms with van der Waals surface area (Å²) in [6, 6.07) is 4.89. The van der Waals surface area contributed by atoms with Gasteiger partial charge in [0.2, 0.25) is 0 Å². The molecule has 1 rings (SSSR count). The SMILES string of the molecule is CNC(C)/C=C/c1c(C)cc(C)cc1C. The average Bonchev–Trinajstić information content (AvgIpc) is 2.15. The molecule has 15 heavy (non-hydrogen) atoms. The molecule has 0 spiro atoms. The van der Waals surface area contributed by atoms with Gasteiger partial charge in [-0.3, -0.25) is 0 Å². The zero-order valence-electron chi connectivity index (χ0n) is 10.4. The minimum Gasteiger partial charge on any atom is -0.314 e. The van der Waals surface area contributed by atoms with Crippen molar-refractivity contribution >= 4 is 6.08 Å². The molecule has 0 aliphatic rings. The predicted molar refractivity (Wildman–Crippen MR) is 68.2 cm³/mol. The molecule has 0 saturated heterocycles. The van der Waals surface area contributed by atoms with Crippen LogP contribution < -0.4 is 5.32 Å². The summed E-state index contributed by atoms with van der Waals surface area (Å²) in [6.07, 6.45) is 4.41. The van der Waals surface area contributed by atoms with Gasteiger partial charge in [0, 0.05) is 6.04 Å². The van der Waals surface area contributed by atoms with Crippen LogP contribution in [0.1, 0.15) is 29.2 Å². The maximum atomic E-state index is 3.20. The molecule has 0 radical (unpaired) electrons. The van der Waals surface area contributed by atoms with E-state index in [0.29, 0.717) is 6.04 Å². The first-order valence-electron chi connectivity index (χ1n) is 5.48. The Morgan fingerprint density at radius 2 is 1.67 bits per heavy atom. The summed E-state index contributed by atoms with van der Waals surface area (Å²) in [6.45, 7) is 8.63. The summed E-state index contributed by atoms with van der Waals surface area (Å²) in [5.41, 5.74) is 5.39. The molecule has 1 nitrogen and oxygen atoms in total. The zero-order chi connectivity index (χ0) is 11.4. The first kappa shape index (κ1) is 12.0. The van der Waals surface area contributed by atoms with Gasteiger partial charge in [0.05, 0.1) is 0 Å². The third kappa shape index (κ3) is 3.21. The zero-order valence-corrected chi connectivity index (χ0v) is 10.4. The largest absolute Gasteiger partial charge is 0.314 e. The van der Waals surface area contributed by atoms with E-state index in [1.165, 1.54) is 22.3 Å². The van der Waals surface area contributed by atoms with E-state index in [-0.39, 0.29) is 0 Å². The van der Waals surface area contributed by atoms with Crippen LogP contribution in [0.2, 0.25) is 0 Å². The molecule has 0 amide bonds. The van der Waals surface area contributed by atoms with E-state index >= 15 is 0 Å². The predicted octanol–water partition coefficient (Wildman–Crippen LogP) is 3.23. The number of aryl methyl sites for hydroxylation is 3. The molecule has 0 bridgehead atoms. The molecule has 1 unspecified atom stereocenters. The van der Waals surface area contributed by atoms with Crippen LogP contribution in [-0.4, -0.2) is 13.1 Å². The topological polar surface area (TPSA) is 12.0 Å². The molecule has 0 saturated carbocycles. The van der Waals surface area contributed by atoms with Crippen LogP contribution in [0.3, 0.4) is 0 Å². The van der Waals surface area contributed by atoms with E-state index in [9.17, 15) is 0 Å². The van der Waals surface area contributed by atoms with Gasteiger partial charge in [-0.05, 0) is 51.4 Å². The van der Waals surface area contributed by atoms with E-state index in [1.54, 1.807) is 0 Å². The van der Waals surface area contributed by atoms with E-state index in [2.05, 4.69) is 57.3 Å². The minimum absolute atomic E-state index is 0.421. The fourth-order valence-corrected chi connectivity index (χ4v) is 1.79. The van der Waals surface area contributed by atoms with E-state index in [1.807, 2.05) is 7.05 Å². The molecule has 1 heteroatoms. The van der Waals surface area contributed by atoms with Gasteiger partial charge < -0.3 is 5.32 Å². The van der Waals surface area contributed by atoms with Crippen LogP contribution in [0.4, 0.5) is 0 Å². The Kier molecular flexibility index (Phi) is 4.10. The van der Waals surface area contributed by atoms with E-state index in [4.69, 9.17) is 0 Å². The van der Waals surface area contributed by atoms with Crippen molar-refractivity contribution in [1.29, 1.82) is 0 Å². The highest BCUT2D eigenvalue weighted by molar-refractivity contribution is 5.58. The molecular weight excluding hydrogens is 182 g/mol. The van der Waals surface area contributed by atoms with Crippen LogP contribution in [0.5, 0.6) is 0 Å². The highest BCUT2D eigenvalue weighted by Crippen LogP contribution is 2.17. The average molecular weight is 203 g/mol. The first-order valence-corrected chi connectivity index (χ1v) is 5.48. The Morgan fingerprint density at radius 3 is 2.13 bits per heavy atom. The Morgan fingerprint density at radius 1 is 1.13 bits per heavy atom. The number of hydrogen-bond donors (Lipinski definition) is 1. The smallest absolute Gasteiger partial charge is 0.0221 e. The van der Waals surface area contributed by atoms with Gasteiger partial charge in [0.1, 0.15) is 0 Å². The van der Waals surface area contributed by atoms with Crippen molar-refractivity contribution < 1.29 is 0 Å². The highest BCUT2D eigenvalue weighted by atomic mass is 14.8. The second-order valence-corrected chi connectivity index (χ2v) is 4.25. The molecule has 0 aromatic heterocycles. The second-order valence-electron chi connectivity index (χ2n) is 4.25. The molecular formula is C14H21N. The maximum absolute atomic E-state index is 3.20. The summed E-state index contributed by atoms with van der Waals surface area (Å²) >= 11 is 0. The van der Waals surface area contributed by atoms with Crippen LogP contribution in [0, 0.1) is 20.8 Å². The van der Waals surface area contributed by atoms with Gasteiger partial charge in [0.25, 0.3) is 0 Å². The Balaban J connectivity index is 3.00. The summed E-state index contributed by atoms with van der Waals surface area (Å²) in [4.78, 5) is 0. The number of nitrogens with one attached hydrogen (secondary N) is 1. The second kappa shape index (κ2) is 5.13. The third-order valence-electron chi connectivity index (χ3n) is 2.74. The number of benzene rings is 1. The first-order chi connectivity index (χ1) is 7.04. The Labute approximate surface area is 93.2 Å². The Bertz CT molecular complexity index is 341. The summed E-state index contributed by atoms with van der Waals surface area (Å²) in [5, 5.41) is 3.20. The van der Waals surface area contributed by atoms with Gasteiger partial charge in [-0.15, -0.1) is 0 Å². The van der Waals surface area contributed by atoms with Crippen LogP contribution in [-0.2, 0) is 0 Å². The van der Waals surface area contributed by atoms with Crippen molar-refractivity contribution in [2.75, 3.05) is 7.05 Å². The van der Waals surface area contributed by atoms with Gasteiger partial charge in [0.15, 0.2) is 0 Å². The molecule has 1 aromatic carbocycles. The van der Waals surface area contributed by atoms with E-state index < -0.39 is 0 Å². The molecule has 0 fully saturated rings. The van der Waals surface area contributed by atoms with Crippen molar-refractivity contribution in [2.45, 2.75) is 33.7 Å². The molecule has 0 heterocycles. The van der Waals surface area contributed by atoms with Crippen molar-refractivity contribution in [3.8, 4) is 0 Å². The summed E-state index contributed by atoms with van der Waals surface area (Å²) in [5.74, 6) is 0. The normalized spacial score (nSPS) is 13.4. The molecule has 1 N–H and O–H groups in total. The minimum atomic E-state index is 0.421. The third-order valence-corrected chi connectivity index (χ3v) is 2.74. The van der Waals surface area contributed by atoms with E-state index in [0.717, 1.165) is 0 Å². The van der Waals surface area contributed by atoms with Gasteiger partial charge in [-0.1, -0.05) is 29.8 Å². The molecule has 0 aliphatic carbocycles. The van der Waals surface area contributed by atoms with Crippen LogP contribution in [0.25, 0.3) is 6.08 Å². The number of hydrogen-bond acceptors (Lipinski definition) is 1. The lowest BCUT2D eigenvalue weighted by atomic mass is 9.99. The van der Waals surface area contributed by atoms with Gasteiger partial charge in [-0.25, -0.2) is 0 Å². The molecule has 1 aromatic rings. The maximum Gasteiger partial charge on any atom is 0.0221 e. The Hall–Kier alpha value is -1.08. The summed E-state index contributed by atoms with van der Waals surface area (Å²) in [7, 11) is 1.98. The standard InChI is InChI=1S/C14H21N/c1-10-8-11(2)14(12(3)9-10)7-6-13(4)15-5/h6-9,13,15H,1-5H3/b7-6+. The lowest BCUT2D eigenvalue weighted by molar-refractivity contribution is 0.731. The molecule has 0 aliphatic heterocycles. The summed E-state index contributed by atoms with van der Waals surface area (Å²) < 4.78 is 0. The van der Waals surface area contributed by atoms with Crippen molar-refractivity contribution in [2.24, 2.45) is 0 Å². The number of likely N-dealkylation sites (N-methyl/N-ethyl adjacent to an activating group) is 1. The van der Waals surface area contributed by atoms with Crippen molar-refractivity contribution in [3.05, 3.63) is 40.5 Å². The quantitative estimate of drug-likeness (QED) is 0.795. The van der Waals surface area contributed by atoms with Crippen LogP contribution in [0.15, 0.2) is 18.2 Å². The lowest BCUT2D eigenvalue weighted by Crippen LogP contribution is -2.17. The lowest BCUT2D eigenvalue weighted by Gasteiger charge is -2.08. The fraction of sp³-hybridized carbons (Fsp3) is 0.429.